The number of aromatic amines is 1. The van der Waals surface area contributed by atoms with Crippen LogP contribution < -0.4 is 0 Å². The van der Waals surface area contributed by atoms with Crippen LogP contribution in [0.25, 0.3) is 83.1 Å². The van der Waals surface area contributed by atoms with Crippen molar-refractivity contribution in [2.45, 2.75) is 78.6 Å². The molecule has 0 atom stereocenters. The lowest BCUT2D eigenvalue weighted by atomic mass is 9.81. The monoisotopic (exact) mass is 730 g/mol. The van der Waals surface area contributed by atoms with Gasteiger partial charge in [0.2, 0.25) is 0 Å². The molecule has 4 nitrogen and oxygen atoms in total. The molecule has 56 heavy (non-hydrogen) atoms. The van der Waals surface area contributed by atoms with E-state index in [1.807, 2.05) is 12.3 Å². The molecule has 9 aromatic rings. The van der Waals surface area contributed by atoms with E-state index in [2.05, 4.69) is 193 Å². The Morgan fingerprint density at radius 1 is 0.482 bits per heavy atom. The molecule has 0 saturated heterocycles. The fourth-order valence-corrected chi connectivity index (χ4v) is 8.09. The Hall–Kier alpha value is -6.00. The third-order valence-corrected chi connectivity index (χ3v) is 11.4. The van der Waals surface area contributed by atoms with Crippen molar-refractivity contribution in [2.75, 3.05) is 0 Å². The maximum atomic E-state index is 5.53. The number of rotatable bonds is 4. The lowest BCUT2D eigenvalue weighted by molar-refractivity contribution is 0.590. The van der Waals surface area contributed by atoms with Crippen molar-refractivity contribution in [3.63, 3.8) is 0 Å². The topological polar surface area (TPSA) is 46.5 Å². The number of pyridine rings is 2. The number of fused-ring (bicyclic) bond motifs is 6. The first-order valence-electron chi connectivity index (χ1n) is 19.8. The summed E-state index contributed by atoms with van der Waals surface area (Å²) in [5.74, 6) is 0.844. The van der Waals surface area contributed by atoms with Crippen LogP contribution >= 0.6 is 0 Å². The van der Waals surface area contributed by atoms with E-state index in [4.69, 9.17) is 9.97 Å². The zero-order valence-electron chi connectivity index (χ0n) is 34.0. The van der Waals surface area contributed by atoms with Gasteiger partial charge in [-0.05, 0) is 116 Å². The minimum Gasteiger partial charge on any atom is -0.354 e. The van der Waals surface area contributed by atoms with Crippen LogP contribution in [0.1, 0.15) is 79.0 Å². The maximum absolute atomic E-state index is 5.53. The molecule has 0 saturated carbocycles. The van der Waals surface area contributed by atoms with Crippen molar-refractivity contribution < 1.29 is 0 Å². The van der Waals surface area contributed by atoms with Crippen molar-refractivity contribution in [3.05, 3.63) is 150 Å². The SMILES string of the molecule is CC(C)(C)c1cc(-c2cc(-c3ccccc3)cc(-n3c4ccccc4c4cccnc43)n2)cc(-c2cc(C(C)(C)C)cc3c2[nH]c2ccc(C(C)(C)C)cc23)c1. The van der Waals surface area contributed by atoms with E-state index in [1.165, 1.54) is 44.1 Å². The Labute approximate surface area is 330 Å². The highest BCUT2D eigenvalue weighted by Crippen LogP contribution is 2.42. The van der Waals surface area contributed by atoms with Gasteiger partial charge < -0.3 is 4.98 Å². The molecule has 5 aromatic carbocycles. The van der Waals surface area contributed by atoms with Crippen molar-refractivity contribution in [1.82, 2.24) is 19.5 Å². The van der Waals surface area contributed by atoms with Crippen molar-refractivity contribution >= 4 is 43.7 Å². The van der Waals surface area contributed by atoms with Gasteiger partial charge >= 0.3 is 0 Å². The Morgan fingerprint density at radius 2 is 1.14 bits per heavy atom. The first-order valence-corrected chi connectivity index (χ1v) is 19.8. The quantitative estimate of drug-likeness (QED) is 0.196. The predicted molar refractivity (Wildman–Crippen MR) is 238 cm³/mol. The molecular formula is C52H50N4. The molecule has 0 aliphatic carbocycles. The van der Waals surface area contributed by atoms with Crippen LogP contribution in [0.3, 0.4) is 0 Å². The largest absolute Gasteiger partial charge is 0.354 e. The van der Waals surface area contributed by atoms with E-state index in [9.17, 15) is 0 Å². The molecule has 0 radical (unpaired) electrons. The molecule has 0 spiro atoms. The summed E-state index contributed by atoms with van der Waals surface area (Å²) in [6.45, 7) is 20.7. The molecule has 0 bridgehead atoms. The number of benzene rings is 5. The van der Waals surface area contributed by atoms with Crippen LogP contribution in [0, 0.1) is 0 Å². The molecule has 1 N–H and O–H groups in total. The van der Waals surface area contributed by atoms with Crippen LogP contribution in [0.15, 0.2) is 134 Å². The van der Waals surface area contributed by atoms with Gasteiger partial charge in [0.1, 0.15) is 11.5 Å². The second kappa shape index (κ2) is 12.8. The maximum Gasteiger partial charge on any atom is 0.146 e. The predicted octanol–water partition coefficient (Wildman–Crippen LogP) is 14.1. The lowest BCUT2D eigenvalue weighted by Crippen LogP contribution is -2.12. The number of para-hydroxylation sites is 1. The van der Waals surface area contributed by atoms with Gasteiger partial charge in [0, 0.05) is 44.4 Å². The first kappa shape index (κ1) is 35.7. The van der Waals surface area contributed by atoms with Gasteiger partial charge in [0.05, 0.1) is 16.7 Å². The van der Waals surface area contributed by atoms with Gasteiger partial charge in [-0.3, -0.25) is 4.57 Å². The molecule has 4 aromatic heterocycles. The molecule has 4 heteroatoms. The number of nitrogens with one attached hydrogen (secondary N) is 1. The third kappa shape index (κ3) is 6.18. The second-order valence-electron chi connectivity index (χ2n) is 18.6. The molecule has 9 rings (SSSR count). The van der Waals surface area contributed by atoms with Crippen molar-refractivity contribution in [2.24, 2.45) is 0 Å². The van der Waals surface area contributed by atoms with E-state index in [0.29, 0.717) is 0 Å². The first-order chi connectivity index (χ1) is 26.6. The van der Waals surface area contributed by atoms with Gasteiger partial charge in [0.25, 0.3) is 0 Å². The van der Waals surface area contributed by atoms with Crippen LogP contribution in [-0.2, 0) is 16.2 Å². The summed E-state index contributed by atoms with van der Waals surface area (Å²) < 4.78 is 2.22. The summed E-state index contributed by atoms with van der Waals surface area (Å²) in [5.41, 5.74) is 14.8. The van der Waals surface area contributed by atoms with E-state index in [0.717, 1.165) is 55.7 Å². The van der Waals surface area contributed by atoms with E-state index >= 15 is 0 Å². The summed E-state index contributed by atoms with van der Waals surface area (Å²) in [6.07, 6.45) is 1.87. The number of nitrogens with zero attached hydrogens (tertiary/aromatic N) is 3. The van der Waals surface area contributed by atoms with Crippen molar-refractivity contribution in [1.29, 1.82) is 0 Å². The molecule has 0 aliphatic rings. The average Bonchev–Trinajstić information content (AvgIpc) is 3.72. The molecular weight excluding hydrogens is 681 g/mol. The van der Waals surface area contributed by atoms with Crippen LogP contribution in [0.2, 0.25) is 0 Å². The smallest absolute Gasteiger partial charge is 0.146 e. The number of aromatic nitrogens is 4. The summed E-state index contributed by atoms with van der Waals surface area (Å²) >= 11 is 0. The average molecular weight is 731 g/mol. The van der Waals surface area contributed by atoms with Gasteiger partial charge in [-0.25, -0.2) is 9.97 Å². The van der Waals surface area contributed by atoms with E-state index in [1.54, 1.807) is 0 Å². The Balaban J connectivity index is 1.34. The van der Waals surface area contributed by atoms with Crippen LogP contribution in [-0.4, -0.2) is 19.5 Å². The molecule has 0 unspecified atom stereocenters. The Morgan fingerprint density at radius 3 is 1.89 bits per heavy atom. The molecule has 4 heterocycles. The Bertz CT molecular complexity index is 2900. The number of hydrogen-bond donors (Lipinski definition) is 1. The second-order valence-corrected chi connectivity index (χ2v) is 18.6. The Kier molecular flexibility index (Phi) is 8.14. The van der Waals surface area contributed by atoms with Gasteiger partial charge in [-0.15, -0.1) is 0 Å². The summed E-state index contributed by atoms with van der Waals surface area (Å²) in [4.78, 5) is 14.3. The zero-order valence-corrected chi connectivity index (χ0v) is 34.0. The standard InChI is InChI=1S/C52H50N4/c1-50(2,3)36-21-22-44-42(29-36)43-31-38(52(7,8)9)30-41(48(43)55-44)34-24-35(26-37(25-34)51(4,5)6)45-27-33(32-16-11-10-12-17-32)28-47(54-45)56-46-20-14-13-18-39(46)40-19-15-23-53-49(40)56/h10-31,55H,1-9H3. The van der Waals surface area contributed by atoms with Crippen molar-refractivity contribution in [3.8, 4) is 39.3 Å². The molecule has 278 valence electrons. The number of H-pyrrole nitrogens is 1. The fraction of sp³-hybridized carbons (Fsp3) is 0.231. The fourth-order valence-electron chi connectivity index (χ4n) is 8.09. The third-order valence-electron chi connectivity index (χ3n) is 11.4. The van der Waals surface area contributed by atoms with Crippen LogP contribution in [0.4, 0.5) is 0 Å². The van der Waals surface area contributed by atoms with Crippen LogP contribution in [0.5, 0.6) is 0 Å². The van der Waals surface area contributed by atoms with Gasteiger partial charge in [-0.2, -0.15) is 0 Å². The minimum absolute atomic E-state index is 0.0462. The normalized spacial score (nSPS) is 12.7. The lowest BCUT2D eigenvalue weighted by Gasteiger charge is -2.24. The summed E-state index contributed by atoms with van der Waals surface area (Å²) in [5, 5.41) is 4.82. The zero-order chi connectivity index (χ0) is 39.1. The highest BCUT2D eigenvalue weighted by atomic mass is 15.1. The molecule has 0 aliphatic heterocycles. The molecule has 0 fully saturated rings. The van der Waals surface area contributed by atoms with E-state index < -0.39 is 0 Å². The molecule has 0 amide bonds. The number of hydrogen-bond acceptors (Lipinski definition) is 2. The van der Waals surface area contributed by atoms with E-state index in [-0.39, 0.29) is 16.2 Å². The van der Waals surface area contributed by atoms with Gasteiger partial charge in [0.15, 0.2) is 0 Å². The highest BCUT2D eigenvalue weighted by Gasteiger charge is 2.24. The minimum atomic E-state index is -0.107. The highest BCUT2D eigenvalue weighted by molar-refractivity contribution is 6.13. The summed E-state index contributed by atoms with van der Waals surface area (Å²) in [7, 11) is 0. The summed E-state index contributed by atoms with van der Waals surface area (Å²) in [6, 6.07) is 46.7. The van der Waals surface area contributed by atoms with Gasteiger partial charge in [-0.1, -0.05) is 123 Å².